The van der Waals surface area contributed by atoms with Gasteiger partial charge < -0.3 is 28.8 Å². The van der Waals surface area contributed by atoms with E-state index in [9.17, 15) is 19.5 Å². The smallest absolute Gasteiger partial charge is 0.339 e. The number of esters is 2. The van der Waals surface area contributed by atoms with Crippen LogP contribution in [0.3, 0.4) is 0 Å². The molecule has 6 heterocycles. The minimum absolute atomic E-state index is 0.0489. The SMILES string of the molecule is CC1(C)O[C@H]2CC(=O)OC[C@@]23[C@@H]1C(=O)[C@@H](O)[C@]1(C)[C@@H]3CC[C@@]2(C)[C@H](C3=CC[OH+]C3CCCCCCC3=NC=NC3)OC(=O)[C@H]3O[C@@]312. The van der Waals surface area contributed by atoms with Crippen LogP contribution in [0.1, 0.15) is 85.5 Å². The van der Waals surface area contributed by atoms with Crippen molar-refractivity contribution in [2.24, 2.45) is 38.1 Å². The lowest BCUT2D eigenvalue weighted by molar-refractivity contribution is -0.249. The molecular weight excluding hydrogens is 592 g/mol. The third kappa shape index (κ3) is 3.83. The Labute approximate surface area is 269 Å². The minimum Gasteiger partial charge on any atom is -0.465 e. The number of hydrogen-bond acceptors (Lipinski definition) is 10. The molecule has 6 aliphatic heterocycles. The molecule has 0 aromatic carbocycles. The maximum atomic E-state index is 14.4. The van der Waals surface area contributed by atoms with Crippen molar-refractivity contribution < 1.29 is 43.2 Å². The third-order valence-corrected chi connectivity index (χ3v) is 13.5. The van der Waals surface area contributed by atoms with Gasteiger partial charge in [-0.25, -0.2) is 9.79 Å². The van der Waals surface area contributed by atoms with E-state index in [0.717, 1.165) is 56.4 Å². The van der Waals surface area contributed by atoms with Gasteiger partial charge in [-0.3, -0.25) is 14.6 Å². The highest BCUT2D eigenvalue weighted by molar-refractivity contribution is 5.96. The number of aliphatic hydroxyl groups excluding tert-OH is 1. The van der Waals surface area contributed by atoms with Crippen molar-refractivity contribution in [1.29, 1.82) is 0 Å². The minimum atomic E-state index is -1.37. The molecule has 0 aromatic heterocycles. The molecule has 0 radical (unpaired) electrons. The Bertz CT molecular complexity index is 1450. The number of carbonyl (C=O) groups is 3. The predicted molar refractivity (Wildman–Crippen MR) is 165 cm³/mol. The first-order valence-corrected chi connectivity index (χ1v) is 17.3. The summed E-state index contributed by atoms with van der Waals surface area (Å²) in [4.78, 5) is 49.1. The lowest BCUT2D eigenvalue weighted by atomic mass is 9.36. The van der Waals surface area contributed by atoms with Crippen LogP contribution in [0.5, 0.6) is 0 Å². The average Bonchev–Trinajstić information content (AvgIpc) is 3.26. The molecule has 6 fully saturated rings. The van der Waals surface area contributed by atoms with Crippen LogP contribution in [-0.2, 0) is 33.3 Å². The number of aliphatic imine (C=N–C) groups is 2. The third-order valence-electron chi connectivity index (χ3n) is 13.5. The van der Waals surface area contributed by atoms with Crippen LogP contribution in [0, 0.1) is 28.1 Å². The molecule has 0 aromatic rings. The van der Waals surface area contributed by atoms with Crippen molar-refractivity contribution in [1.82, 2.24) is 0 Å². The summed E-state index contributed by atoms with van der Waals surface area (Å²) in [7, 11) is 0. The standard InChI is InChI=1S/C35H46N2O9/c1-31(2)26-25(39)27(40)33(4)22(34(26)17-43-24(38)15-23(34)45-31)11-13-32(3)28(44-30(41)29-35(32,33)46-29)20-12-14-42-21(20)10-8-6-5-7-9-19-16-36-18-37-19/h12,18,21-23,26-29,40H,5-11,13-17H2,1-4H3/p+1/t21?,22-,23-,26+,27+,28-,29+,32-,33-,34-,35+/m0/s1. The van der Waals surface area contributed by atoms with Crippen LogP contribution >= 0.6 is 0 Å². The summed E-state index contributed by atoms with van der Waals surface area (Å²) in [6.45, 7) is 9.17. The first-order chi connectivity index (χ1) is 21.9. The number of nitrogens with zero attached hydrogens (tertiary/aromatic N) is 2. The van der Waals surface area contributed by atoms with E-state index in [0.29, 0.717) is 19.4 Å². The van der Waals surface area contributed by atoms with E-state index in [1.54, 1.807) is 6.34 Å². The van der Waals surface area contributed by atoms with Gasteiger partial charge in [0.1, 0.15) is 30.8 Å². The Hall–Kier alpha value is -2.47. The van der Waals surface area contributed by atoms with Crippen LogP contribution in [0.25, 0.3) is 0 Å². The van der Waals surface area contributed by atoms with Gasteiger partial charge in [0, 0.05) is 34.5 Å². The van der Waals surface area contributed by atoms with E-state index in [4.69, 9.17) is 23.7 Å². The number of ketones is 1. The van der Waals surface area contributed by atoms with Gasteiger partial charge in [0.15, 0.2) is 24.6 Å². The number of rotatable bonds is 8. The Morgan fingerprint density at radius 1 is 1.04 bits per heavy atom. The molecule has 46 heavy (non-hydrogen) atoms. The Morgan fingerprint density at radius 3 is 2.63 bits per heavy atom. The van der Waals surface area contributed by atoms with Crippen molar-refractivity contribution >= 4 is 29.8 Å². The zero-order valence-electron chi connectivity index (χ0n) is 27.3. The van der Waals surface area contributed by atoms with E-state index in [1.807, 2.05) is 20.8 Å². The number of hydrogen-bond donors (Lipinski definition) is 1. The molecule has 2 saturated carbocycles. The highest BCUT2D eigenvalue weighted by Gasteiger charge is 2.91. The summed E-state index contributed by atoms with van der Waals surface area (Å²) in [6.07, 6.45) is 7.94. The molecule has 0 amide bonds. The average molecular weight is 640 g/mol. The number of cyclic esters (lactones) is 2. The number of carbonyl (C=O) groups excluding carboxylic acids is 3. The van der Waals surface area contributed by atoms with Crippen molar-refractivity contribution in [3.8, 4) is 0 Å². The van der Waals surface area contributed by atoms with E-state index in [2.05, 4.69) is 23.0 Å². The van der Waals surface area contributed by atoms with Gasteiger partial charge in [0.05, 0.1) is 36.2 Å². The summed E-state index contributed by atoms with van der Waals surface area (Å²) in [5, 5.41) is 12.1. The van der Waals surface area contributed by atoms with Gasteiger partial charge >= 0.3 is 11.9 Å². The van der Waals surface area contributed by atoms with Gasteiger partial charge in [-0.05, 0) is 51.9 Å². The summed E-state index contributed by atoms with van der Waals surface area (Å²) < 4.78 is 30.0. The van der Waals surface area contributed by atoms with Crippen molar-refractivity contribution in [3.05, 3.63) is 11.6 Å². The molecule has 11 atom stereocenters. The van der Waals surface area contributed by atoms with Crippen molar-refractivity contribution in [2.45, 2.75) is 127 Å². The quantitative estimate of drug-likeness (QED) is 0.140. The molecule has 4 saturated heterocycles. The molecule has 2 N–H and O–H groups in total. The van der Waals surface area contributed by atoms with Gasteiger partial charge in [-0.2, -0.15) is 0 Å². The van der Waals surface area contributed by atoms with Gasteiger partial charge in [0.2, 0.25) is 0 Å². The summed E-state index contributed by atoms with van der Waals surface area (Å²) in [6, 6.07) is 0. The molecule has 1 unspecified atom stereocenters. The fourth-order valence-corrected chi connectivity index (χ4v) is 11.6. The van der Waals surface area contributed by atoms with E-state index >= 15 is 0 Å². The number of aliphatic hydroxyl groups is 3. The first kappa shape index (κ1) is 30.8. The molecule has 8 aliphatic rings. The van der Waals surface area contributed by atoms with Crippen molar-refractivity contribution in [2.75, 3.05) is 19.8 Å². The number of ether oxygens (including phenoxy) is 5. The monoisotopic (exact) mass is 639 g/mol. The van der Waals surface area contributed by atoms with Crippen LogP contribution in [0.2, 0.25) is 0 Å². The maximum absolute atomic E-state index is 14.4. The first-order valence-electron chi connectivity index (χ1n) is 17.3. The molecule has 0 bridgehead atoms. The Morgan fingerprint density at radius 2 is 1.85 bits per heavy atom. The summed E-state index contributed by atoms with van der Waals surface area (Å²) >= 11 is 0. The summed E-state index contributed by atoms with van der Waals surface area (Å²) in [5.41, 5.74) is -2.44. The lowest BCUT2D eigenvalue weighted by Gasteiger charge is -2.66. The molecular formula is C35H47N2O9+. The van der Waals surface area contributed by atoms with Crippen LogP contribution in [-0.4, -0.2) is 101 Å². The second-order valence-corrected chi connectivity index (χ2v) is 16.0. The highest BCUT2D eigenvalue weighted by atomic mass is 16.7. The zero-order chi connectivity index (χ0) is 32.3. The zero-order valence-corrected chi connectivity index (χ0v) is 27.3. The fourth-order valence-electron chi connectivity index (χ4n) is 11.6. The number of Topliss-reactive ketones (excluding diaryl/α,β-unsaturated/α-hetero) is 1. The highest BCUT2D eigenvalue weighted by Crippen LogP contribution is 2.79. The van der Waals surface area contributed by atoms with E-state index < -0.39 is 63.8 Å². The number of fused-ring (bicyclic) bond motifs is 1. The molecule has 2 spiro atoms. The van der Waals surface area contributed by atoms with Crippen LogP contribution < -0.4 is 0 Å². The predicted octanol–water partition coefficient (Wildman–Crippen LogP) is 2.80. The topological polar surface area (TPSA) is 149 Å². The largest absolute Gasteiger partial charge is 0.465 e. The number of unbranched alkanes of at least 4 members (excludes halogenated alkanes) is 3. The van der Waals surface area contributed by atoms with Crippen LogP contribution in [0.15, 0.2) is 21.6 Å². The molecule has 8 rings (SSSR count). The second kappa shape index (κ2) is 10.3. The van der Waals surface area contributed by atoms with Gasteiger partial charge in [0.25, 0.3) is 0 Å². The second-order valence-electron chi connectivity index (χ2n) is 16.0. The van der Waals surface area contributed by atoms with Gasteiger partial charge in [-0.1, -0.05) is 26.7 Å². The lowest BCUT2D eigenvalue weighted by Crippen LogP contribution is -2.77. The van der Waals surface area contributed by atoms with E-state index in [-0.39, 0.29) is 36.8 Å². The molecule has 2 aliphatic carbocycles. The van der Waals surface area contributed by atoms with E-state index in [1.165, 1.54) is 0 Å². The molecule has 11 nitrogen and oxygen atoms in total. The molecule has 11 heteroatoms. The Kier molecular flexibility index (Phi) is 6.88. The van der Waals surface area contributed by atoms with Gasteiger partial charge in [-0.15, -0.1) is 0 Å². The fraction of sp³-hybridized carbons (Fsp3) is 0.800. The summed E-state index contributed by atoms with van der Waals surface area (Å²) in [5.74, 6) is -2.01. The number of epoxide rings is 1. The van der Waals surface area contributed by atoms with Crippen LogP contribution in [0.4, 0.5) is 0 Å². The van der Waals surface area contributed by atoms with Crippen molar-refractivity contribution in [3.63, 3.8) is 0 Å². The molecule has 250 valence electrons. The normalized spacial score (nSPS) is 47.9. The Balaban J connectivity index is 1.07. The maximum Gasteiger partial charge on any atom is 0.339 e.